The van der Waals surface area contributed by atoms with Gasteiger partial charge in [-0.25, -0.2) is 9.97 Å². The molecule has 0 aliphatic heterocycles. The fourth-order valence-corrected chi connectivity index (χ4v) is 3.93. The first-order valence-electron chi connectivity index (χ1n) is 6.36. The maximum Gasteiger partial charge on any atom is 0.139 e. The minimum absolute atomic E-state index is 0.657. The summed E-state index contributed by atoms with van der Waals surface area (Å²) in [7, 11) is 0. The number of aromatic nitrogens is 2. The van der Waals surface area contributed by atoms with Gasteiger partial charge in [0.25, 0.3) is 0 Å². The van der Waals surface area contributed by atoms with E-state index in [0.717, 1.165) is 11.6 Å². The summed E-state index contributed by atoms with van der Waals surface area (Å²) in [5.41, 5.74) is 1.52. The Kier molecular flexibility index (Phi) is 1.98. The van der Waals surface area contributed by atoms with Gasteiger partial charge in [0.05, 0.1) is 5.39 Å². The largest absolute Gasteiger partial charge is 0.367 e. The zero-order chi connectivity index (χ0) is 11.4. The third-order valence-electron chi connectivity index (χ3n) is 3.59. The molecule has 0 bridgehead atoms. The van der Waals surface area contributed by atoms with Crippen LogP contribution in [0.25, 0.3) is 10.2 Å². The maximum atomic E-state index is 4.62. The van der Waals surface area contributed by atoms with Gasteiger partial charge in [0.2, 0.25) is 0 Å². The van der Waals surface area contributed by atoms with E-state index in [1.165, 1.54) is 47.9 Å². The number of anilines is 1. The topological polar surface area (TPSA) is 37.8 Å². The van der Waals surface area contributed by atoms with Crippen molar-refractivity contribution in [3.63, 3.8) is 0 Å². The average molecular weight is 245 g/mol. The van der Waals surface area contributed by atoms with Gasteiger partial charge in [-0.2, -0.15) is 0 Å². The normalized spacial score (nSPS) is 18.6. The van der Waals surface area contributed by atoms with Crippen molar-refractivity contribution in [1.29, 1.82) is 0 Å². The second-order valence-corrected chi connectivity index (χ2v) is 6.16. The lowest BCUT2D eigenvalue weighted by Gasteiger charge is -2.07. The molecule has 2 heterocycles. The zero-order valence-electron chi connectivity index (χ0n) is 9.92. The Morgan fingerprint density at radius 1 is 1.24 bits per heavy atom. The smallest absolute Gasteiger partial charge is 0.139 e. The summed E-state index contributed by atoms with van der Waals surface area (Å²) in [5, 5.41) is 4.89. The summed E-state index contributed by atoms with van der Waals surface area (Å²) < 4.78 is 0. The molecule has 0 unspecified atom stereocenters. The number of hydrogen-bond acceptors (Lipinski definition) is 4. The van der Waals surface area contributed by atoms with Gasteiger partial charge in [0, 0.05) is 10.9 Å². The molecule has 0 spiro atoms. The standard InChI is InChI=1S/C13H15N3S/c1-7-14-12(16-8-5-6-8)11-9-3-2-4-10(9)17-13(11)15-7/h8H,2-6H2,1H3,(H,14,15,16). The van der Waals surface area contributed by atoms with E-state index in [4.69, 9.17) is 0 Å². The predicted molar refractivity (Wildman–Crippen MR) is 70.8 cm³/mol. The molecule has 0 aromatic carbocycles. The van der Waals surface area contributed by atoms with Crippen LogP contribution in [0.3, 0.4) is 0 Å². The van der Waals surface area contributed by atoms with Crippen molar-refractivity contribution in [2.75, 3.05) is 5.32 Å². The third kappa shape index (κ3) is 1.54. The number of thiophene rings is 1. The fraction of sp³-hybridized carbons (Fsp3) is 0.538. The molecule has 2 aliphatic carbocycles. The molecular formula is C13H15N3S. The van der Waals surface area contributed by atoms with Crippen molar-refractivity contribution in [2.24, 2.45) is 0 Å². The van der Waals surface area contributed by atoms with Crippen molar-refractivity contribution < 1.29 is 0 Å². The monoisotopic (exact) mass is 245 g/mol. The van der Waals surface area contributed by atoms with Crippen LogP contribution in [0.2, 0.25) is 0 Å². The van der Waals surface area contributed by atoms with Crippen LogP contribution in [0.15, 0.2) is 0 Å². The van der Waals surface area contributed by atoms with E-state index < -0.39 is 0 Å². The van der Waals surface area contributed by atoms with E-state index >= 15 is 0 Å². The Balaban J connectivity index is 1.95. The highest BCUT2D eigenvalue weighted by molar-refractivity contribution is 7.19. The van der Waals surface area contributed by atoms with E-state index in [2.05, 4.69) is 15.3 Å². The van der Waals surface area contributed by atoms with Crippen molar-refractivity contribution in [1.82, 2.24) is 9.97 Å². The van der Waals surface area contributed by atoms with Crippen LogP contribution >= 0.6 is 11.3 Å². The molecule has 4 heteroatoms. The van der Waals surface area contributed by atoms with Gasteiger partial charge >= 0.3 is 0 Å². The van der Waals surface area contributed by atoms with Gasteiger partial charge in [0.15, 0.2) is 0 Å². The molecule has 2 aromatic heterocycles. The molecular weight excluding hydrogens is 230 g/mol. The van der Waals surface area contributed by atoms with Crippen molar-refractivity contribution in [2.45, 2.75) is 45.1 Å². The summed E-state index contributed by atoms with van der Waals surface area (Å²) in [5.74, 6) is 1.98. The molecule has 88 valence electrons. The highest BCUT2D eigenvalue weighted by Crippen LogP contribution is 2.40. The molecule has 1 saturated carbocycles. The van der Waals surface area contributed by atoms with Crippen LogP contribution in [0.5, 0.6) is 0 Å². The number of rotatable bonds is 2. The van der Waals surface area contributed by atoms with E-state index in [1.54, 1.807) is 4.88 Å². The fourth-order valence-electron chi connectivity index (χ4n) is 2.63. The summed E-state index contributed by atoms with van der Waals surface area (Å²) in [6.07, 6.45) is 6.32. The molecule has 1 fully saturated rings. The molecule has 0 radical (unpaired) electrons. The Morgan fingerprint density at radius 3 is 2.94 bits per heavy atom. The minimum atomic E-state index is 0.657. The van der Waals surface area contributed by atoms with Gasteiger partial charge in [0.1, 0.15) is 16.5 Å². The lowest BCUT2D eigenvalue weighted by molar-refractivity contribution is 0.916. The molecule has 0 saturated heterocycles. The van der Waals surface area contributed by atoms with Crippen molar-refractivity contribution in [3.8, 4) is 0 Å². The average Bonchev–Trinajstić information content (AvgIpc) is 2.85. The first kappa shape index (κ1) is 9.83. The molecule has 2 aromatic rings. The van der Waals surface area contributed by atoms with Gasteiger partial charge < -0.3 is 5.32 Å². The Hall–Kier alpha value is -1.16. The van der Waals surface area contributed by atoms with E-state index in [1.807, 2.05) is 18.3 Å². The second kappa shape index (κ2) is 3.42. The van der Waals surface area contributed by atoms with Crippen LogP contribution < -0.4 is 5.32 Å². The Labute approximate surface area is 104 Å². The molecule has 4 rings (SSSR count). The summed E-state index contributed by atoms with van der Waals surface area (Å²) in [6, 6.07) is 0.657. The first-order valence-corrected chi connectivity index (χ1v) is 7.18. The molecule has 0 atom stereocenters. The molecule has 17 heavy (non-hydrogen) atoms. The summed E-state index contributed by atoms with van der Waals surface area (Å²) in [4.78, 5) is 11.9. The second-order valence-electron chi connectivity index (χ2n) is 5.08. The lowest BCUT2D eigenvalue weighted by atomic mass is 10.2. The van der Waals surface area contributed by atoms with Crippen LogP contribution in [0.4, 0.5) is 5.82 Å². The quantitative estimate of drug-likeness (QED) is 0.883. The Morgan fingerprint density at radius 2 is 2.12 bits per heavy atom. The predicted octanol–water partition coefficient (Wildman–Crippen LogP) is 3.06. The Bertz CT molecular complexity index is 598. The first-order chi connectivity index (χ1) is 8.31. The summed E-state index contributed by atoms with van der Waals surface area (Å²) in [6.45, 7) is 1.99. The van der Waals surface area contributed by atoms with Crippen LogP contribution in [0, 0.1) is 6.92 Å². The van der Waals surface area contributed by atoms with E-state index in [9.17, 15) is 0 Å². The number of hydrogen-bond donors (Lipinski definition) is 1. The lowest BCUT2D eigenvalue weighted by Crippen LogP contribution is -2.05. The minimum Gasteiger partial charge on any atom is -0.367 e. The van der Waals surface area contributed by atoms with Crippen molar-refractivity contribution in [3.05, 3.63) is 16.3 Å². The van der Waals surface area contributed by atoms with Gasteiger partial charge in [-0.15, -0.1) is 11.3 Å². The van der Waals surface area contributed by atoms with Crippen LogP contribution in [-0.4, -0.2) is 16.0 Å². The highest BCUT2D eigenvalue weighted by atomic mass is 32.1. The number of aryl methyl sites for hydroxylation is 3. The maximum absolute atomic E-state index is 4.62. The molecule has 2 aliphatic rings. The number of nitrogens with one attached hydrogen (secondary N) is 1. The number of nitrogens with zero attached hydrogens (tertiary/aromatic N) is 2. The van der Waals surface area contributed by atoms with E-state index in [0.29, 0.717) is 6.04 Å². The SMILES string of the molecule is Cc1nc(NC2CC2)c2c3c(sc2n1)CCC3. The van der Waals surface area contributed by atoms with Gasteiger partial charge in [-0.1, -0.05) is 0 Å². The van der Waals surface area contributed by atoms with Crippen molar-refractivity contribution >= 4 is 27.4 Å². The molecule has 0 amide bonds. The zero-order valence-corrected chi connectivity index (χ0v) is 10.7. The highest BCUT2D eigenvalue weighted by Gasteiger charge is 2.26. The summed E-state index contributed by atoms with van der Waals surface area (Å²) >= 11 is 1.87. The van der Waals surface area contributed by atoms with Crippen LogP contribution in [0.1, 0.15) is 35.5 Å². The third-order valence-corrected chi connectivity index (χ3v) is 4.78. The van der Waals surface area contributed by atoms with Gasteiger partial charge in [-0.05, 0) is 44.6 Å². The van der Waals surface area contributed by atoms with E-state index in [-0.39, 0.29) is 0 Å². The van der Waals surface area contributed by atoms with Crippen LogP contribution in [-0.2, 0) is 12.8 Å². The molecule has 3 nitrogen and oxygen atoms in total. The number of fused-ring (bicyclic) bond motifs is 3. The molecule has 1 N–H and O–H groups in total. The van der Waals surface area contributed by atoms with Gasteiger partial charge in [-0.3, -0.25) is 0 Å².